The first-order valence-electron chi connectivity index (χ1n) is 8.25. The van der Waals surface area contributed by atoms with E-state index in [9.17, 15) is 14.0 Å². The number of likely N-dealkylation sites (N-methyl/N-ethyl adjacent to an activating group) is 1. The van der Waals surface area contributed by atoms with E-state index in [2.05, 4.69) is 0 Å². The average molecular weight is 371 g/mol. The van der Waals surface area contributed by atoms with Gasteiger partial charge in [-0.3, -0.25) is 9.69 Å². The van der Waals surface area contributed by atoms with Crippen LogP contribution in [0.15, 0.2) is 18.2 Å². The summed E-state index contributed by atoms with van der Waals surface area (Å²) in [6.45, 7) is 7.26. The minimum Gasteiger partial charge on any atom is -0.444 e. The van der Waals surface area contributed by atoms with Crippen molar-refractivity contribution in [3.8, 4) is 0 Å². The topological polar surface area (TPSA) is 49.9 Å². The van der Waals surface area contributed by atoms with Gasteiger partial charge in [0, 0.05) is 18.8 Å². The van der Waals surface area contributed by atoms with E-state index in [0.717, 1.165) is 0 Å². The Labute approximate surface area is 152 Å². The van der Waals surface area contributed by atoms with Crippen molar-refractivity contribution in [1.82, 2.24) is 4.90 Å². The van der Waals surface area contributed by atoms with E-state index in [1.807, 2.05) is 6.92 Å². The molecule has 2 rings (SSSR count). The van der Waals surface area contributed by atoms with Crippen molar-refractivity contribution in [3.63, 3.8) is 0 Å². The van der Waals surface area contributed by atoms with Gasteiger partial charge in [0.1, 0.15) is 17.5 Å². The van der Waals surface area contributed by atoms with Gasteiger partial charge in [0.05, 0.1) is 5.02 Å². The lowest BCUT2D eigenvalue weighted by Gasteiger charge is -2.32. The molecule has 2 atom stereocenters. The van der Waals surface area contributed by atoms with Crippen molar-refractivity contribution in [2.45, 2.75) is 58.2 Å². The molecule has 0 N–H and O–H groups in total. The minimum absolute atomic E-state index is 0.0547. The van der Waals surface area contributed by atoms with Gasteiger partial charge in [0.15, 0.2) is 0 Å². The third kappa shape index (κ3) is 4.42. The molecule has 0 spiro atoms. The standard InChI is InChI=1S/C18H24ClFN2O3/c1-11-6-9-15(22(11)17(24)25-18(2,3)4)16(23)21(5)12-7-8-14(20)13(19)10-12/h7-8,10-11,15H,6,9H2,1-5H3/t11-,15+/m1/s1. The lowest BCUT2D eigenvalue weighted by Crippen LogP contribution is -2.50. The number of hydrogen-bond acceptors (Lipinski definition) is 3. The molecule has 0 radical (unpaired) electrons. The highest BCUT2D eigenvalue weighted by Gasteiger charge is 2.42. The minimum atomic E-state index is -0.636. The first kappa shape index (κ1) is 19.5. The van der Waals surface area contributed by atoms with E-state index in [4.69, 9.17) is 16.3 Å². The van der Waals surface area contributed by atoms with Gasteiger partial charge in [0.25, 0.3) is 0 Å². The summed E-state index contributed by atoms with van der Waals surface area (Å²) >= 11 is 5.80. The quantitative estimate of drug-likeness (QED) is 0.782. The monoisotopic (exact) mass is 370 g/mol. The zero-order valence-corrected chi connectivity index (χ0v) is 15.9. The fraction of sp³-hybridized carbons (Fsp3) is 0.556. The number of hydrogen-bond donors (Lipinski definition) is 0. The molecular weight excluding hydrogens is 347 g/mol. The van der Waals surface area contributed by atoms with Crippen molar-refractivity contribution < 1.29 is 18.7 Å². The van der Waals surface area contributed by atoms with Crippen LogP contribution in [-0.4, -0.2) is 41.6 Å². The summed E-state index contributed by atoms with van der Waals surface area (Å²) in [6, 6.07) is 3.39. The van der Waals surface area contributed by atoms with Crippen molar-refractivity contribution in [1.29, 1.82) is 0 Å². The number of ether oxygens (including phenoxy) is 1. The maximum atomic E-state index is 13.3. The normalized spacial score (nSPS) is 20.5. The Bertz CT molecular complexity index is 675. The van der Waals surface area contributed by atoms with Crippen LogP contribution in [0.2, 0.25) is 5.02 Å². The van der Waals surface area contributed by atoms with Crippen molar-refractivity contribution >= 4 is 29.3 Å². The van der Waals surface area contributed by atoms with E-state index < -0.39 is 23.6 Å². The van der Waals surface area contributed by atoms with Crippen LogP contribution in [-0.2, 0) is 9.53 Å². The first-order chi connectivity index (χ1) is 11.5. The Morgan fingerprint density at radius 1 is 1.32 bits per heavy atom. The Balaban J connectivity index is 2.21. The molecule has 1 aliphatic rings. The van der Waals surface area contributed by atoms with E-state index in [0.29, 0.717) is 18.5 Å². The predicted octanol–water partition coefficient (Wildman–Crippen LogP) is 4.23. The molecule has 0 bridgehead atoms. The van der Waals surface area contributed by atoms with Crippen LogP contribution in [0.3, 0.4) is 0 Å². The lowest BCUT2D eigenvalue weighted by atomic mass is 10.1. The summed E-state index contributed by atoms with van der Waals surface area (Å²) in [5, 5.41) is -0.0547. The van der Waals surface area contributed by atoms with Gasteiger partial charge >= 0.3 is 6.09 Å². The fourth-order valence-electron chi connectivity index (χ4n) is 2.89. The SMILES string of the molecule is C[C@@H]1CC[C@@H](C(=O)N(C)c2ccc(F)c(Cl)c2)N1C(=O)OC(C)(C)C. The fourth-order valence-corrected chi connectivity index (χ4v) is 3.07. The maximum absolute atomic E-state index is 13.3. The van der Waals surface area contributed by atoms with Crippen molar-refractivity contribution in [2.24, 2.45) is 0 Å². The maximum Gasteiger partial charge on any atom is 0.411 e. The molecule has 0 saturated carbocycles. The molecule has 0 aliphatic carbocycles. The molecule has 1 heterocycles. The zero-order chi connectivity index (χ0) is 18.9. The Morgan fingerprint density at radius 3 is 2.52 bits per heavy atom. The molecule has 2 amide bonds. The number of halogens is 2. The highest BCUT2D eigenvalue weighted by atomic mass is 35.5. The van der Waals surface area contributed by atoms with Gasteiger partial charge in [-0.2, -0.15) is 0 Å². The number of rotatable bonds is 2. The highest BCUT2D eigenvalue weighted by molar-refractivity contribution is 6.31. The highest BCUT2D eigenvalue weighted by Crippen LogP contribution is 2.29. The number of likely N-dealkylation sites (tertiary alicyclic amines) is 1. The Kier molecular flexibility index (Phi) is 5.62. The second kappa shape index (κ2) is 7.20. The molecule has 1 saturated heterocycles. The molecule has 0 aromatic heterocycles. The third-order valence-electron chi connectivity index (χ3n) is 4.18. The average Bonchev–Trinajstić information content (AvgIpc) is 2.88. The first-order valence-corrected chi connectivity index (χ1v) is 8.63. The van der Waals surface area contributed by atoms with E-state index >= 15 is 0 Å². The smallest absolute Gasteiger partial charge is 0.411 e. The molecule has 1 aromatic rings. The van der Waals surface area contributed by atoms with Gasteiger partial charge in [-0.15, -0.1) is 0 Å². The molecular formula is C18H24ClFN2O3. The van der Waals surface area contributed by atoms with Crippen LogP contribution in [0.5, 0.6) is 0 Å². The molecule has 1 fully saturated rings. The van der Waals surface area contributed by atoms with Crippen LogP contribution in [0.1, 0.15) is 40.5 Å². The number of nitrogens with zero attached hydrogens (tertiary/aromatic N) is 2. The molecule has 7 heteroatoms. The molecule has 25 heavy (non-hydrogen) atoms. The Hall–Kier alpha value is -1.82. The number of amides is 2. The summed E-state index contributed by atoms with van der Waals surface area (Å²) in [5.74, 6) is -0.797. The molecule has 0 unspecified atom stereocenters. The molecule has 5 nitrogen and oxygen atoms in total. The van der Waals surface area contributed by atoms with Gasteiger partial charge in [-0.05, 0) is 58.7 Å². The second-order valence-corrected chi connectivity index (χ2v) is 7.73. The van der Waals surface area contributed by atoms with Crippen molar-refractivity contribution in [2.75, 3.05) is 11.9 Å². The van der Waals surface area contributed by atoms with Gasteiger partial charge in [-0.1, -0.05) is 11.6 Å². The predicted molar refractivity (Wildman–Crippen MR) is 95.4 cm³/mol. The lowest BCUT2D eigenvalue weighted by molar-refractivity contribution is -0.123. The number of anilines is 1. The summed E-state index contributed by atoms with van der Waals surface area (Å²) in [5.41, 5.74) is -0.163. The van der Waals surface area contributed by atoms with Crippen LogP contribution in [0.25, 0.3) is 0 Å². The van der Waals surface area contributed by atoms with E-state index in [-0.39, 0.29) is 17.0 Å². The summed E-state index contributed by atoms with van der Waals surface area (Å²) in [6.07, 6.45) is 0.771. The number of carbonyl (C=O) groups is 2. The number of carbonyl (C=O) groups excluding carboxylic acids is 2. The third-order valence-corrected chi connectivity index (χ3v) is 4.47. The summed E-state index contributed by atoms with van der Waals surface area (Å²) in [7, 11) is 1.59. The van der Waals surface area contributed by atoms with Gasteiger partial charge < -0.3 is 9.64 Å². The van der Waals surface area contributed by atoms with Crippen molar-refractivity contribution in [3.05, 3.63) is 29.0 Å². The number of benzene rings is 1. The van der Waals surface area contributed by atoms with Gasteiger partial charge in [0.2, 0.25) is 5.91 Å². The van der Waals surface area contributed by atoms with Crippen LogP contribution in [0, 0.1) is 5.82 Å². The largest absolute Gasteiger partial charge is 0.444 e. The zero-order valence-electron chi connectivity index (χ0n) is 15.2. The van der Waals surface area contributed by atoms with Crippen LogP contribution >= 0.6 is 11.6 Å². The van der Waals surface area contributed by atoms with Crippen LogP contribution in [0.4, 0.5) is 14.9 Å². The molecule has 1 aromatic carbocycles. The summed E-state index contributed by atoms with van der Waals surface area (Å²) < 4.78 is 18.8. The molecule has 1 aliphatic heterocycles. The van der Waals surface area contributed by atoms with E-state index in [1.165, 1.54) is 28.0 Å². The van der Waals surface area contributed by atoms with Crippen LogP contribution < -0.4 is 4.90 Å². The Morgan fingerprint density at radius 2 is 1.96 bits per heavy atom. The molecule has 138 valence electrons. The van der Waals surface area contributed by atoms with Gasteiger partial charge in [-0.25, -0.2) is 9.18 Å². The second-order valence-electron chi connectivity index (χ2n) is 7.33. The summed E-state index contributed by atoms with van der Waals surface area (Å²) in [4.78, 5) is 28.3. The van der Waals surface area contributed by atoms with E-state index in [1.54, 1.807) is 27.8 Å².